The highest BCUT2D eigenvalue weighted by molar-refractivity contribution is 7.52. The predicted molar refractivity (Wildman–Crippen MR) is 94.4 cm³/mol. The van der Waals surface area contributed by atoms with E-state index in [0.717, 1.165) is 30.2 Å². The van der Waals surface area contributed by atoms with Gasteiger partial charge in [-0.2, -0.15) is 0 Å². The highest BCUT2D eigenvalue weighted by Gasteiger charge is 2.13. The van der Waals surface area contributed by atoms with Gasteiger partial charge in [0.25, 0.3) is 5.91 Å². The normalized spacial score (nSPS) is 13.6. The van der Waals surface area contributed by atoms with Crippen molar-refractivity contribution >= 4 is 24.4 Å². The Labute approximate surface area is 142 Å². The molecule has 1 aromatic carbocycles. The summed E-state index contributed by atoms with van der Waals surface area (Å²) in [7, 11) is -1.51. The zero-order valence-corrected chi connectivity index (χ0v) is 14.9. The van der Waals surface area contributed by atoms with Gasteiger partial charge < -0.3 is 14.4 Å². The molecular formula is C17H23N2O4P. The monoisotopic (exact) mass is 350 g/mol. The van der Waals surface area contributed by atoms with Gasteiger partial charge in [0.05, 0.1) is 12.1 Å². The lowest BCUT2D eigenvalue weighted by atomic mass is 10.2. The van der Waals surface area contributed by atoms with Crippen molar-refractivity contribution in [3.8, 4) is 0 Å². The van der Waals surface area contributed by atoms with Gasteiger partial charge in [-0.3, -0.25) is 9.36 Å². The van der Waals surface area contributed by atoms with Crippen molar-refractivity contribution in [2.45, 2.75) is 19.3 Å². The molecule has 1 amide bonds. The van der Waals surface area contributed by atoms with Crippen molar-refractivity contribution < 1.29 is 18.4 Å². The zero-order valence-electron chi connectivity index (χ0n) is 14.0. The fourth-order valence-corrected chi connectivity index (χ4v) is 2.74. The molecule has 1 N–H and O–H groups in total. The lowest BCUT2D eigenvalue weighted by Crippen LogP contribution is -2.25. The van der Waals surface area contributed by atoms with Crippen LogP contribution in [0.2, 0.25) is 0 Å². The molecule has 130 valence electrons. The first-order valence-electron chi connectivity index (χ1n) is 7.93. The van der Waals surface area contributed by atoms with Crippen molar-refractivity contribution in [3.63, 3.8) is 0 Å². The molecule has 0 saturated heterocycles. The van der Waals surface area contributed by atoms with E-state index in [0.29, 0.717) is 18.8 Å². The highest BCUT2D eigenvalue weighted by Crippen LogP contribution is 2.42. The van der Waals surface area contributed by atoms with Gasteiger partial charge >= 0.3 is 7.60 Å². The fraction of sp³-hybridized carbons (Fsp3) is 0.412. The molecule has 0 aliphatic heterocycles. The summed E-state index contributed by atoms with van der Waals surface area (Å²) in [5, 5.41) is 3.87. The number of unbranched alkanes of at least 4 members (excludes halogenated alkanes) is 2. The number of nitrogens with one attached hydrogen (secondary N) is 1. The molecule has 1 atom stereocenters. The van der Waals surface area contributed by atoms with Crippen LogP contribution in [0.5, 0.6) is 0 Å². The van der Waals surface area contributed by atoms with E-state index in [1.165, 1.54) is 13.8 Å². The van der Waals surface area contributed by atoms with Crippen LogP contribution in [0.4, 0.5) is 0 Å². The standard InChI is InChI=1S/C17H23N2O4P/c1-22-24(2,21)23-13-7-3-6-12-18-17(20)16-11-10-14-8-4-5-9-15(14)19-16/h4-5,8-11H,3,6-7,12-13H2,1-2H3,(H,18,20). The van der Waals surface area contributed by atoms with E-state index >= 15 is 0 Å². The van der Waals surface area contributed by atoms with Crippen LogP contribution in [0.3, 0.4) is 0 Å². The average molecular weight is 350 g/mol. The average Bonchev–Trinajstić information content (AvgIpc) is 2.60. The number of amides is 1. The predicted octanol–water partition coefficient (Wildman–Crippen LogP) is 3.62. The summed E-state index contributed by atoms with van der Waals surface area (Å²) in [6.45, 7) is 2.41. The Morgan fingerprint density at radius 2 is 1.96 bits per heavy atom. The van der Waals surface area contributed by atoms with Crippen LogP contribution >= 0.6 is 7.60 Å². The molecule has 2 aromatic rings. The van der Waals surface area contributed by atoms with E-state index in [1.807, 2.05) is 30.3 Å². The second-order valence-electron chi connectivity index (χ2n) is 5.49. The van der Waals surface area contributed by atoms with Crippen LogP contribution in [-0.2, 0) is 13.6 Å². The van der Waals surface area contributed by atoms with Crippen molar-refractivity contribution in [2.24, 2.45) is 0 Å². The molecule has 0 saturated carbocycles. The topological polar surface area (TPSA) is 77.5 Å². The first kappa shape index (κ1) is 18.6. The van der Waals surface area contributed by atoms with Crippen molar-refractivity contribution in [1.29, 1.82) is 0 Å². The SMILES string of the molecule is COP(C)(=O)OCCCCCNC(=O)c1ccc2ccccc2n1. The highest BCUT2D eigenvalue weighted by atomic mass is 31.2. The number of carbonyl (C=O) groups is 1. The first-order valence-corrected chi connectivity index (χ1v) is 9.92. The Balaban J connectivity index is 1.68. The fourth-order valence-electron chi connectivity index (χ4n) is 2.17. The van der Waals surface area contributed by atoms with Gasteiger partial charge in [0, 0.05) is 25.7 Å². The number of aromatic nitrogens is 1. The summed E-state index contributed by atoms with van der Waals surface area (Å²) in [5.74, 6) is -0.172. The lowest BCUT2D eigenvalue weighted by Gasteiger charge is -2.10. The van der Waals surface area contributed by atoms with Gasteiger partial charge in [-0.25, -0.2) is 4.98 Å². The van der Waals surface area contributed by atoms with Crippen molar-refractivity contribution in [1.82, 2.24) is 10.3 Å². The minimum Gasteiger partial charge on any atom is -0.351 e. The number of benzene rings is 1. The quantitative estimate of drug-likeness (QED) is 0.552. The number of para-hydroxylation sites is 1. The zero-order chi connectivity index (χ0) is 17.4. The Hall–Kier alpha value is -1.75. The Morgan fingerprint density at radius 3 is 2.75 bits per heavy atom. The number of hydrogen-bond donors (Lipinski definition) is 1. The summed E-state index contributed by atoms with van der Waals surface area (Å²) in [4.78, 5) is 16.5. The summed E-state index contributed by atoms with van der Waals surface area (Å²) in [6.07, 6.45) is 2.46. The van der Waals surface area contributed by atoms with E-state index in [-0.39, 0.29) is 5.91 Å². The van der Waals surface area contributed by atoms with Crippen molar-refractivity contribution in [2.75, 3.05) is 26.9 Å². The van der Waals surface area contributed by atoms with E-state index in [2.05, 4.69) is 10.3 Å². The number of fused-ring (bicyclic) bond motifs is 1. The summed E-state index contributed by atoms with van der Waals surface area (Å²) in [5.41, 5.74) is 1.23. The largest absolute Gasteiger partial charge is 0.351 e. The number of hydrogen-bond acceptors (Lipinski definition) is 5. The second-order valence-corrected chi connectivity index (χ2v) is 7.66. The lowest BCUT2D eigenvalue weighted by molar-refractivity contribution is 0.0948. The van der Waals surface area contributed by atoms with Crippen LogP contribution in [0.15, 0.2) is 36.4 Å². The van der Waals surface area contributed by atoms with Crippen LogP contribution < -0.4 is 5.32 Å². The van der Waals surface area contributed by atoms with Crippen molar-refractivity contribution in [3.05, 3.63) is 42.1 Å². The summed E-state index contributed by atoms with van der Waals surface area (Å²) >= 11 is 0. The van der Waals surface area contributed by atoms with E-state index in [4.69, 9.17) is 9.05 Å². The molecular weight excluding hydrogens is 327 g/mol. The number of pyridine rings is 1. The van der Waals surface area contributed by atoms with Gasteiger partial charge in [-0.1, -0.05) is 24.3 Å². The third-order valence-corrected chi connectivity index (χ3v) is 4.91. The molecule has 2 rings (SSSR count). The maximum atomic E-state index is 12.1. The van der Waals surface area contributed by atoms with Crippen LogP contribution in [0.1, 0.15) is 29.8 Å². The van der Waals surface area contributed by atoms with E-state index in [9.17, 15) is 9.36 Å². The Kier molecular flexibility index (Phi) is 6.91. The maximum Gasteiger partial charge on any atom is 0.327 e. The third-order valence-electron chi connectivity index (χ3n) is 3.60. The Morgan fingerprint density at radius 1 is 1.17 bits per heavy atom. The molecule has 0 aliphatic rings. The van der Waals surface area contributed by atoms with Gasteiger partial charge in [0.2, 0.25) is 0 Å². The molecule has 7 heteroatoms. The summed E-state index contributed by atoms with van der Waals surface area (Å²) in [6, 6.07) is 11.3. The molecule has 0 spiro atoms. The number of rotatable bonds is 9. The molecule has 1 aromatic heterocycles. The van der Waals surface area contributed by atoms with Gasteiger partial charge in [-0.05, 0) is 31.4 Å². The molecule has 0 bridgehead atoms. The van der Waals surface area contributed by atoms with E-state index < -0.39 is 7.60 Å². The van der Waals surface area contributed by atoms with Crippen LogP contribution in [-0.4, -0.2) is 37.8 Å². The third kappa shape index (κ3) is 5.71. The maximum absolute atomic E-state index is 12.1. The minimum atomic E-state index is -2.88. The first-order chi connectivity index (χ1) is 11.5. The van der Waals surface area contributed by atoms with Crippen LogP contribution in [0, 0.1) is 0 Å². The number of carbonyl (C=O) groups excluding carboxylic acids is 1. The molecule has 1 heterocycles. The summed E-state index contributed by atoms with van der Waals surface area (Å²) < 4.78 is 21.4. The molecule has 1 unspecified atom stereocenters. The molecule has 24 heavy (non-hydrogen) atoms. The minimum absolute atomic E-state index is 0.172. The smallest absolute Gasteiger partial charge is 0.327 e. The van der Waals surface area contributed by atoms with Crippen LogP contribution in [0.25, 0.3) is 10.9 Å². The van der Waals surface area contributed by atoms with E-state index in [1.54, 1.807) is 6.07 Å². The molecule has 0 radical (unpaired) electrons. The Bertz CT molecular complexity index is 735. The number of nitrogens with zero attached hydrogens (tertiary/aromatic N) is 1. The van der Waals surface area contributed by atoms with Gasteiger partial charge in [-0.15, -0.1) is 0 Å². The van der Waals surface area contributed by atoms with Gasteiger partial charge in [0.15, 0.2) is 0 Å². The second kappa shape index (κ2) is 8.92. The molecule has 0 fully saturated rings. The molecule has 0 aliphatic carbocycles. The molecule has 6 nitrogen and oxygen atoms in total. The van der Waals surface area contributed by atoms with Gasteiger partial charge in [0.1, 0.15) is 5.69 Å².